The minimum Gasteiger partial charge on any atom is -0.256 e. The van der Waals surface area contributed by atoms with Crippen LogP contribution in [0.2, 0.25) is 0 Å². The fourth-order valence-corrected chi connectivity index (χ4v) is 2.43. The lowest BCUT2D eigenvalue weighted by Crippen LogP contribution is -1.95. The fourth-order valence-electron chi connectivity index (χ4n) is 2.01. The maximum atomic E-state index is 4.57. The Morgan fingerprint density at radius 3 is 2.84 bits per heavy atom. The van der Waals surface area contributed by atoms with Crippen LogP contribution in [-0.4, -0.2) is 15.0 Å². The average molecular weight is 314 g/mol. The second-order valence-electron chi connectivity index (χ2n) is 4.26. The van der Waals surface area contributed by atoms with Gasteiger partial charge in [-0.1, -0.05) is 19.1 Å². The van der Waals surface area contributed by atoms with E-state index >= 15 is 0 Å². The summed E-state index contributed by atoms with van der Waals surface area (Å²) in [5.74, 6) is 0.843. The molecule has 0 saturated heterocycles. The van der Waals surface area contributed by atoms with Crippen molar-refractivity contribution in [1.82, 2.24) is 15.0 Å². The standard InChI is InChI=1S/C15H12BrN3/c1-2-15-18-13(9-14(16)19-15)11-5-6-12-10(8-11)4-3-7-17-12/h3-9H,2H2,1H3. The van der Waals surface area contributed by atoms with Crippen molar-refractivity contribution < 1.29 is 0 Å². The Hall–Kier alpha value is -1.81. The summed E-state index contributed by atoms with van der Waals surface area (Å²) in [4.78, 5) is 13.2. The van der Waals surface area contributed by atoms with Crippen LogP contribution in [0.4, 0.5) is 0 Å². The third-order valence-electron chi connectivity index (χ3n) is 2.96. The zero-order valence-electron chi connectivity index (χ0n) is 10.5. The van der Waals surface area contributed by atoms with Gasteiger partial charge in [0.2, 0.25) is 0 Å². The minimum atomic E-state index is 0.820. The van der Waals surface area contributed by atoms with E-state index in [0.29, 0.717) is 0 Å². The molecule has 4 heteroatoms. The maximum absolute atomic E-state index is 4.57. The zero-order chi connectivity index (χ0) is 13.2. The van der Waals surface area contributed by atoms with Crippen LogP contribution in [0.15, 0.2) is 47.2 Å². The van der Waals surface area contributed by atoms with Gasteiger partial charge in [-0.3, -0.25) is 4.98 Å². The summed E-state index contributed by atoms with van der Waals surface area (Å²) < 4.78 is 0.820. The molecule has 19 heavy (non-hydrogen) atoms. The highest BCUT2D eigenvalue weighted by Crippen LogP contribution is 2.24. The third kappa shape index (κ3) is 2.49. The van der Waals surface area contributed by atoms with Gasteiger partial charge < -0.3 is 0 Å². The van der Waals surface area contributed by atoms with E-state index < -0.39 is 0 Å². The number of aryl methyl sites for hydroxylation is 1. The Bertz CT molecular complexity index is 740. The highest BCUT2D eigenvalue weighted by molar-refractivity contribution is 9.10. The number of hydrogen-bond donors (Lipinski definition) is 0. The molecule has 0 aliphatic carbocycles. The van der Waals surface area contributed by atoms with E-state index in [1.165, 1.54) is 0 Å². The molecule has 0 N–H and O–H groups in total. The quantitative estimate of drug-likeness (QED) is 0.671. The van der Waals surface area contributed by atoms with Crippen molar-refractivity contribution in [2.24, 2.45) is 0 Å². The summed E-state index contributed by atoms with van der Waals surface area (Å²) in [5, 5.41) is 1.12. The molecule has 0 fully saturated rings. The van der Waals surface area contributed by atoms with Crippen molar-refractivity contribution in [2.75, 3.05) is 0 Å². The number of aromatic nitrogens is 3. The number of nitrogens with zero attached hydrogens (tertiary/aromatic N) is 3. The Kier molecular flexibility index (Phi) is 3.25. The molecule has 3 nitrogen and oxygen atoms in total. The topological polar surface area (TPSA) is 38.7 Å². The van der Waals surface area contributed by atoms with E-state index in [4.69, 9.17) is 0 Å². The van der Waals surface area contributed by atoms with E-state index in [1.807, 2.05) is 24.3 Å². The Balaban J connectivity index is 2.15. The Morgan fingerprint density at radius 2 is 2.00 bits per heavy atom. The molecule has 1 aromatic carbocycles. The minimum absolute atomic E-state index is 0.820. The second-order valence-corrected chi connectivity index (χ2v) is 5.07. The molecule has 0 saturated carbocycles. The molecule has 0 radical (unpaired) electrons. The van der Waals surface area contributed by atoms with Crippen LogP contribution in [0, 0.1) is 0 Å². The van der Waals surface area contributed by atoms with Crippen molar-refractivity contribution in [2.45, 2.75) is 13.3 Å². The molecule has 0 aliphatic heterocycles. The lowest BCUT2D eigenvalue weighted by molar-refractivity contribution is 0.932. The van der Waals surface area contributed by atoms with Crippen molar-refractivity contribution in [3.8, 4) is 11.3 Å². The second kappa shape index (κ2) is 5.05. The number of halogens is 1. The van der Waals surface area contributed by atoms with Gasteiger partial charge in [0, 0.05) is 23.6 Å². The number of fused-ring (bicyclic) bond motifs is 1. The summed E-state index contributed by atoms with van der Waals surface area (Å²) in [6.45, 7) is 2.05. The average Bonchev–Trinajstić information content (AvgIpc) is 2.46. The van der Waals surface area contributed by atoms with Crippen LogP contribution in [0.3, 0.4) is 0 Å². The van der Waals surface area contributed by atoms with Gasteiger partial charge in [-0.25, -0.2) is 9.97 Å². The van der Waals surface area contributed by atoms with Gasteiger partial charge in [-0.15, -0.1) is 0 Å². The molecule has 2 aromatic heterocycles. The lowest BCUT2D eigenvalue weighted by atomic mass is 10.1. The van der Waals surface area contributed by atoms with Crippen LogP contribution < -0.4 is 0 Å². The van der Waals surface area contributed by atoms with Crippen molar-refractivity contribution in [3.63, 3.8) is 0 Å². The lowest BCUT2D eigenvalue weighted by Gasteiger charge is -2.05. The summed E-state index contributed by atoms with van der Waals surface area (Å²) in [6, 6.07) is 12.1. The van der Waals surface area contributed by atoms with Crippen LogP contribution >= 0.6 is 15.9 Å². The van der Waals surface area contributed by atoms with E-state index in [9.17, 15) is 0 Å². The van der Waals surface area contributed by atoms with Crippen molar-refractivity contribution in [3.05, 3.63) is 53.0 Å². The van der Waals surface area contributed by atoms with Crippen LogP contribution in [0.1, 0.15) is 12.7 Å². The summed E-state index contributed by atoms with van der Waals surface area (Å²) in [6.07, 6.45) is 2.63. The summed E-state index contributed by atoms with van der Waals surface area (Å²) >= 11 is 3.44. The fraction of sp³-hybridized carbons (Fsp3) is 0.133. The van der Waals surface area contributed by atoms with E-state index in [1.54, 1.807) is 6.20 Å². The predicted molar refractivity (Wildman–Crippen MR) is 79.8 cm³/mol. The number of hydrogen-bond acceptors (Lipinski definition) is 3. The van der Waals surface area contributed by atoms with Gasteiger partial charge in [-0.2, -0.15) is 0 Å². The van der Waals surface area contributed by atoms with Gasteiger partial charge >= 0.3 is 0 Å². The molecule has 3 rings (SSSR count). The van der Waals surface area contributed by atoms with Gasteiger partial charge in [0.25, 0.3) is 0 Å². The van der Waals surface area contributed by atoms with E-state index in [2.05, 4.69) is 49.9 Å². The SMILES string of the molecule is CCc1nc(Br)cc(-c2ccc3ncccc3c2)n1. The summed E-state index contributed by atoms with van der Waals surface area (Å²) in [5.41, 5.74) is 3.01. The Morgan fingerprint density at radius 1 is 1.11 bits per heavy atom. The molecule has 0 unspecified atom stereocenters. The molecule has 0 spiro atoms. The highest BCUT2D eigenvalue weighted by atomic mass is 79.9. The summed E-state index contributed by atoms with van der Waals surface area (Å²) in [7, 11) is 0. The van der Waals surface area contributed by atoms with Crippen LogP contribution in [0.5, 0.6) is 0 Å². The molecule has 94 valence electrons. The van der Waals surface area contributed by atoms with Gasteiger partial charge in [0.1, 0.15) is 10.4 Å². The van der Waals surface area contributed by atoms with Crippen molar-refractivity contribution >= 4 is 26.8 Å². The van der Waals surface area contributed by atoms with Gasteiger partial charge in [0.05, 0.1) is 11.2 Å². The first-order valence-electron chi connectivity index (χ1n) is 6.15. The molecule has 2 heterocycles. The van der Waals surface area contributed by atoms with Crippen molar-refractivity contribution in [1.29, 1.82) is 0 Å². The van der Waals surface area contributed by atoms with E-state index in [0.717, 1.165) is 39.0 Å². The van der Waals surface area contributed by atoms with Crippen LogP contribution in [-0.2, 0) is 6.42 Å². The molecule has 0 atom stereocenters. The van der Waals surface area contributed by atoms with Gasteiger partial charge in [0.15, 0.2) is 0 Å². The smallest absolute Gasteiger partial charge is 0.130 e. The normalized spacial score (nSPS) is 10.8. The maximum Gasteiger partial charge on any atom is 0.130 e. The van der Waals surface area contributed by atoms with Gasteiger partial charge in [-0.05, 0) is 40.2 Å². The molecule has 0 amide bonds. The molecule has 3 aromatic rings. The molecule has 0 aliphatic rings. The van der Waals surface area contributed by atoms with E-state index in [-0.39, 0.29) is 0 Å². The first-order chi connectivity index (χ1) is 9.26. The Labute approximate surface area is 119 Å². The first kappa shape index (κ1) is 12.2. The first-order valence-corrected chi connectivity index (χ1v) is 6.94. The number of rotatable bonds is 2. The highest BCUT2D eigenvalue weighted by Gasteiger charge is 2.05. The zero-order valence-corrected chi connectivity index (χ0v) is 12.1. The molecular weight excluding hydrogens is 302 g/mol. The molecular formula is C15H12BrN3. The molecule has 0 bridgehead atoms. The third-order valence-corrected chi connectivity index (χ3v) is 3.36. The largest absolute Gasteiger partial charge is 0.256 e. The van der Waals surface area contributed by atoms with Crippen LogP contribution in [0.25, 0.3) is 22.2 Å². The number of pyridine rings is 1. The number of benzene rings is 1. The predicted octanol–water partition coefficient (Wildman–Crippen LogP) is 4.02. The monoisotopic (exact) mass is 313 g/mol.